The van der Waals surface area contributed by atoms with Gasteiger partial charge >= 0.3 is 0 Å². The molecule has 0 bridgehead atoms. The lowest BCUT2D eigenvalue weighted by atomic mass is 9.97. The average molecular weight is 368 g/mol. The molecule has 1 fully saturated rings. The first-order chi connectivity index (χ1) is 13.1. The third-order valence-electron chi connectivity index (χ3n) is 4.81. The number of hydrogen-bond acceptors (Lipinski definition) is 3. The van der Waals surface area contributed by atoms with Crippen molar-refractivity contribution in [3.05, 3.63) is 77.9 Å². The molecule has 4 rings (SSSR count). The van der Waals surface area contributed by atoms with Gasteiger partial charge in [-0.05, 0) is 61.4 Å². The summed E-state index contributed by atoms with van der Waals surface area (Å²) < 4.78 is 31.8. The molecule has 2 heterocycles. The molecule has 0 radical (unpaired) electrons. The molecule has 1 aromatic heterocycles. The average Bonchev–Trinajstić information content (AvgIpc) is 3.19. The molecular formula is C21H18F2N2O2. The number of aromatic nitrogens is 1. The van der Waals surface area contributed by atoms with Crippen LogP contribution < -0.4 is 0 Å². The Morgan fingerprint density at radius 3 is 2.41 bits per heavy atom. The van der Waals surface area contributed by atoms with Crippen molar-refractivity contribution in [2.45, 2.75) is 18.8 Å². The normalized spacial score (nSPS) is 17.1. The Hall–Kier alpha value is -3.02. The first kappa shape index (κ1) is 17.4. The predicted octanol–water partition coefficient (Wildman–Crippen LogP) is 4.64. The fraction of sp³-hybridized carbons (Fsp3) is 0.238. The van der Waals surface area contributed by atoms with Crippen molar-refractivity contribution >= 4 is 5.91 Å². The van der Waals surface area contributed by atoms with Gasteiger partial charge in [-0.1, -0.05) is 0 Å². The maximum atomic E-state index is 13.1. The van der Waals surface area contributed by atoms with Gasteiger partial charge in [0.2, 0.25) is 0 Å². The van der Waals surface area contributed by atoms with Gasteiger partial charge in [0.25, 0.3) is 5.91 Å². The molecule has 0 spiro atoms. The molecule has 27 heavy (non-hydrogen) atoms. The summed E-state index contributed by atoms with van der Waals surface area (Å²) in [7, 11) is 0. The van der Waals surface area contributed by atoms with Gasteiger partial charge in [0.1, 0.15) is 23.6 Å². The lowest BCUT2D eigenvalue weighted by molar-refractivity contribution is 0.0698. The first-order valence-electron chi connectivity index (χ1n) is 8.86. The number of piperidine rings is 1. The van der Waals surface area contributed by atoms with Crippen molar-refractivity contribution < 1.29 is 18.0 Å². The number of benzene rings is 2. The zero-order valence-electron chi connectivity index (χ0n) is 14.6. The van der Waals surface area contributed by atoms with Crippen LogP contribution in [-0.2, 0) is 0 Å². The van der Waals surface area contributed by atoms with Crippen LogP contribution in [0.2, 0.25) is 0 Å². The molecule has 3 aromatic rings. The third-order valence-corrected chi connectivity index (χ3v) is 4.81. The Bertz CT molecular complexity index is 936. The number of amides is 1. The Balaban J connectivity index is 1.49. The van der Waals surface area contributed by atoms with E-state index in [1.807, 2.05) is 0 Å². The second-order valence-corrected chi connectivity index (χ2v) is 6.68. The summed E-state index contributed by atoms with van der Waals surface area (Å²) in [5, 5.41) is 0. The highest BCUT2D eigenvalue weighted by Gasteiger charge is 2.28. The topological polar surface area (TPSA) is 46.3 Å². The number of hydrogen-bond donors (Lipinski definition) is 0. The summed E-state index contributed by atoms with van der Waals surface area (Å²) in [4.78, 5) is 19.0. The Morgan fingerprint density at radius 1 is 1.04 bits per heavy atom. The molecule has 1 atom stereocenters. The Labute approximate surface area is 155 Å². The van der Waals surface area contributed by atoms with E-state index in [9.17, 15) is 13.6 Å². The molecule has 0 unspecified atom stereocenters. The second kappa shape index (κ2) is 7.31. The lowest BCUT2D eigenvalue weighted by Crippen LogP contribution is -2.39. The number of carbonyl (C=O) groups is 1. The molecule has 0 aliphatic carbocycles. The van der Waals surface area contributed by atoms with Crippen LogP contribution in [0, 0.1) is 11.6 Å². The van der Waals surface area contributed by atoms with Crippen molar-refractivity contribution in [1.29, 1.82) is 0 Å². The fourth-order valence-electron chi connectivity index (χ4n) is 3.37. The van der Waals surface area contributed by atoms with Crippen molar-refractivity contribution in [3.8, 4) is 11.3 Å². The number of carbonyl (C=O) groups excluding carboxylic acids is 1. The van der Waals surface area contributed by atoms with Crippen LogP contribution in [0.15, 0.2) is 59.2 Å². The molecular weight excluding hydrogens is 350 g/mol. The number of rotatable bonds is 3. The van der Waals surface area contributed by atoms with E-state index in [1.165, 1.54) is 36.4 Å². The van der Waals surface area contributed by atoms with Gasteiger partial charge in [-0.2, -0.15) is 0 Å². The monoisotopic (exact) mass is 368 g/mol. The fourth-order valence-corrected chi connectivity index (χ4v) is 3.37. The molecule has 4 nitrogen and oxygen atoms in total. The van der Waals surface area contributed by atoms with E-state index in [0.29, 0.717) is 30.2 Å². The number of halogens is 2. The molecule has 0 N–H and O–H groups in total. The predicted molar refractivity (Wildman–Crippen MR) is 96.2 cm³/mol. The molecule has 0 saturated carbocycles. The van der Waals surface area contributed by atoms with Crippen LogP contribution in [0.1, 0.15) is 35.0 Å². The summed E-state index contributed by atoms with van der Waals surface area (Å²) >= 11 is 0. The van der Waals surface area contributed by atoms with Gasteiger partial charge in [-0.25, -0.2) is 13.8 Å². The molecule has 1 saturated heterocycles. The van der Waals surface area contributed by atoms with Crippen molar-refractivity contribution in [2.24, 2.45) is 0 Å². The van der Waals surface area contributed by atoms with Crippen molar-refractivity contribution in [3.63, 3.8) is 0 Å². The number of oxazole rings is 1. The second-order valence-electron chi connectivity index (χ2n) is 6.68. The smallest absolute Gasteiger partial charge is 0.253 e. The summed E-state index contributed by atoms with van der Waals surface area (Å²) in [5.41, 5.74) is 1.89. The van der Waals surface area contributed by atoms with Crippen LogP contribution in [0.5, 0.6) is 0 Å². The quantitative estimate of drug-likeness (QED) is 0.677. The zero-order chi connectivity index (χ0) is 18.8. The summed E-state index contributed by atoms with van der Waals surface area (Å²) in [5.74, 6) is -0.214. The van der Waals surface area contributed by atoms with E-state index in [0.717, 1.165) is 18.4 Å². The highest BCUT2D eigenvalue weighted by molar-refractivity contribution is 5.94. The molecule has 6 heteroatoms. The van der Waals surface area contributed by atoms with Crippen LogP contribution in [0.25, 0.3) is 11.3 Å². The van der Waals surface area contributed by atoms with Gasteiger partial charge in [0.05, 0.1) is 5.92 Å². The minimum Gasteiger partial charge on any atom is -0.448 e. The molecule has 138 valence electrons. The zero-order valence-corrected chi connectivity index (χ0v) is 14.6. The summed E-state index contributed by atoms with van der Waals surface area (Å²) in [6.07, 6.45) is 3.27. The van der Waals surface area contributed by atoms with Gasteiger partial charge in [-0.15, -0.1) is 0 Å². The summed E-state index contributed by atoms with van der Waals surface area (Å²) in [6.45, 7) is 1.15. The van der Waals surface area contributed by atoms with E-state index >= 15 is 0 Å². The lowest BCUT2D eigenvalue weighted by Gasteiger charge is -2.31. The highest BCUT2D eigenvalue weighted by Crippen LogP contribution is 2.29. The third kappa shape index (κ3) is 3.74. The van der Waals surface area contributed by atoms with E-state index < -0.39 is 0 Å². The van der Waals surface area contributed by atoms with E-state index in [-0.39, 0.29) is 23.5 Å². The summed E-state index contributed by atoms with van der Waals surface area (Å²) in [6, 6.07) is 11.7. The van der Waals surface area contributed by atoms with Crippen molar-refractivity contribution in [2.75, 3.05) is 13.1 Å². The molecule has 1 amide bonds. The van der Waals surface area contributed by atoms with Crippen molar-refractivity contribution in [1.82, 2.24) is 9.88 Å². The molecule has 1 aliphatic rings. The van der Waals surface area contributed by atoms with Crippen LogP contribution >= 0.6 is 0 Å². The van der Waals surface area contributed by atoms with E-state index in [4.69, 9.17) is 4.42 Å². The van der Waals surface area contributed by atoms with Gasteiger partial charge in [0.15, 0.2) is 5.89 Å². The SMILES string of the molecule is O=C(c1ccc(F)cc1)N1CCC[C@H](c2nc(-c3ccc(F)cc3)co2)C1. The maximum absolute atomic E-state index is 13.1. The Morgan fingerprint density at radius 2 is 1.70 bits per heavy atom. The first-order valence-corrected chi connectivity index (χ1v) is 8.86. The van der Waals surface area contributed by atoms with Crippen LogP contribution in [0.4, 0.5) is 8.78 Å². The van der Waals surface area contributed by atoms with Gasteiger partial charge < -0.3 is 9.32 Å². The Kier molecular flexibility index (Phi) is 4.71. The largest absolute Gasteiger partial charge is 0.448 e. The number of likely N-dealkylation sites (tertiary alicyclic amines) is 1. The molecule has 2 aromatic carbocycles. The van der Waals surface area contributed by atoms with Crippen LogP contribution in [-0.4, -0.2) is 28.9 Å². The van der Waals surface area contributed by atoms with E-state index in [1.54, 1.807) is 23.3 Å². The molecule has 1 aliphatic heterocycles. The standard InChI is InChI=1S/C21H18F2N2O2/c22-17-7-3-14(4-8-17)19-13-27-20(24-19)16-2-1-11-25(12-16)21(26)15-5-9-18(23)10-6-15/h3-10,13,16H,1-2,11-12H2/t16-/m0/s1. The van der Waals surface area contributed by atoms with Crippen LogP contribution in [0.3, 0.4) is 0 Å². The van der Waals surface area contributed by atoms with Gasteiger partial charge in [-0.3, -0.25) is 4.79 Å². The minimum atomic E-state index is -0.365. The highest BCUT2D eigenvalue weighted by atomic mass is 19.1. The van der Waals surface area contributed by atoms with Gasteiger partial charge in [0, 0.05) is 24.2 Å². The minimum absolute atomic E-state index is 0.00246. The maximum Gasteiger partial charge on any atom is 0.253 e. The number of nitrogens with zero attached hydrogens (tertiary/aromatic N) is 2. The van der Waals surface area contributed by atoms with E-state index in [2.05, 4.69) is 4.98 Å².